The summed E-state index contributed by atoms with van der Waals surface area (Å²) in [6, 6.07) is 16.4. The minimum atomic E-state index is -3.63. The third-order valence-corrected chi connectivity index (χ3v) is 5.70. The second kappa shape index (κ2) is 7.88. The van der Waals surface area contributed by atoms with Gasteiger partial charge in [0.1, 0.15) is 5.75 Å². The quantitative estimate of drug-likeness (QED) is 0.823. The molecule has 0 aliphatic carbocycles. The topological polar surface area (TPSA) is 58.6 Å². The molecule has 3 rings (SSSR count). The van der Waals surface area contributed by atoms with Crippen molar-refractivity contribution in [3.63, 3.8) is 0 Å². The zero-order valence-electron chi connectivity index (χ0n) is 13.4. The summed E-state index contributed by atoms with van der Waals surface area (Å²) in [5.74, 6) is 0.598. The van der Waals surface area contributed by atoms with Gasteiger partial charge in [-0.05, 0) is 44.3 Å². The summed E-state index contributed by atoms with van der Waals surface area (Å²) in [4.78, 5) is 0. The first-order valence-corrected chi connectivity index (χ1v) is 9.14. The predicted molar refractivity (Wildman–Crippen MR) is 98.8 cm³/mol. The Kier molecular flexibility index (Phi) is 6.10. The number of fused-ring (bicyclic) bond motifs is 1. The molecule has 7 heteroatoms. The normalized spacial score (nSPS) is 18.2. The molecule has 0 saturated carbocycles. The van der Waals surface area contributed by atoms with Gasteiger partial charge in [0.25, 0.3) is 10.0 Å². The molecule has 0 aromatic heterocycles. The Balaban J connectivity index is 0.00000208. The molecule has 0 bridgehead atoms. The van der Waals surface area contributed by atoms with Gasteiger partial charge in [0.15, 0.2) is 0 Å². The third kappa shape index (κ3) is 3.50. The van der Waals surface area contributed by atoms with E-state index in [0.29, 0.717) is 23.5 Å². The van der Waals surface area contributed by atoms with Crippen molar-refractivity contribution in [1.29, 1.82) is 0 Å². The van der Waals surface area contributed by atoms with Crippen LogP contribution in [0.4, 0.5) is 11.4 Å². The van der Waals surface area contributed by atoms with Crippen LogP contribution in [0.3, 0.4) is 0 Å². The molecule has 0 fully saturated rings. The molecule has 130 valence electrons. The molecule has 2 aromatic rings. The average Bonchev–Trinajstić information content (AvgIpc) is 2.56. The Morgan fingerprint density at radius 2 is 1.75 bits per heavy atom. The number of anilines is 2. The summed E-state index contributed by atoms with van der Waals surface area (Å²) in [6.07, 6.45) is 1.17. The molecule has 0 spiro atoms. The summed E-state index contributed by atoms with van der Waals surface area (Å²) in [6.45, 7) is 0.752. The molecule has 24 heavy (non-hydrogen) atoms. The van der Waals surface area contributed by atoms with E-state index in [1.807, 2.05) is 43.4 Å². The molecule has 1 unspecified atom stereocenters. The molecule has 5 nitrogen and oxygen atoms in total. The first-order valence-electron chi connectivity index (χ1n) is 7.64. The molecule has 2 aromatic carbocycles. The Hall–Kier alpha value is -1.76. The Morgan fingerprint density at radius 1 is 1.08 bits per heavy atom. The van der Waals surface area contributed by atoms with E-state index in [1.165, 1.54) is 4.31 Å². The monoisotopic (exact) mass is 368 g/mol. The average molecular weight is 369 g/mol. The SMILES string of the molecule is CNCCCC1Oc2ccccc2N(c2ccccc2)S1(=O)=O.Cl. The molecule has 0 saturated heterocycles. The number of nitrogens with one attached hydrogen (secondary N) is 1. The highest BCUT2D eigenvalue weighted by atomic mass is 35.5. The molecule has 1 aliphatic heterocycles. The van der Waals surface area contributed by atoms with Crippen molar-refractivity contribution in [1.82, 2.24) is 5.32 Å². The Morgan fingerprint density at radius 3 is 2.46 bits per heavy atom. The highest BCUT2D eigenvalue weighted by Crippen LogP contribution is 2.42. The van der Waals surface area contributed by atoms with Crippen molar-refractivity contribution in [2.24, 2.45) is 0 Å². The van der Waals surface area contributed by atoms with Gasteiger partial charge in [-0.2, -0.15) is 0 Å². The number of halogens is 1. The Labute approximate surface area is 149 Å². The van der Waals surface area contributed by atoms with Crippen LogP contribution >= 0.6 is 12.4 Å². The van der Waals surface area contributed by atoms with E-state index in [9.17, 15) is 8.42 Å². The zero-order chi connectivity index (χ0) is 16.3. The van der Waals surface area contributed by atoms with Crippen LogP contribution in [-0.4, -0.2) is 27.4 Å². The number of benzene rings is 2. The number of ether oxygens (including phenoxy) is 1. The third-order valence-electron chi connectivity index (χ3n) is 3.79. The van der Waals surface area contributed by atoms with Crippen molar-refractivity contribution < 1.29 is 13.2 Å². The summed E-state index contributed by atoms with van der Waals surface area (Å²) in [5, 5.41) is 3.03. The van der Waals surface area contributed by atoms with Crippen molar-refractivity contribution >= 4 is 33.8 Å². The number of hydrogen-bond donors (Lipinski definition) is 1. The van der Waals surface area contributed by atoms with Gasteiger partial charge in [-0.1, -0.05) is 30.3 Å². The number of nitrogens with zero attached hydrogens (tertiary/aromatic N) is 1. The fraction of sp³-hybridized carbons (Fsp3) is 0.294. The lowest BCUT2D eigenvalue weighted by atomic mass is 10.2. The number of rotatable bonds is 5. The molecule has 1 aliphatic rings. The van der Waals surface area contributed by atoms with Crippen LogP contribution in [-0.2, 0) is 10.0 Å². The maximum absolute atomic E-state index is 13.1. The van der Waals surface area contributed by atoms with Crippen LogP contribution in [0.25, 0.3) is 0 Å². The lowest BCUT2D eigenvalue weighted by Gasteiger charge is -2.35. The zero-order valence-corrected chi connectivity index (χ0v) is 15.0. The van der Waals surface area contributed by atoms with Crippen LogP contribution in [0.1, 0.15) is 12.8 Å². The lowest BCUT2D eigenvalue weighted by Crippen LogP contribution is -2.43. The van der Waals surface area contributed by atoms with Crippen LogP contribution in [0.2, 0.25) is 0 Å². The lowest BCUT2D eigenvalue weighted by molar-refractivity contribution is 0.254. The van der Waals surface area contributed by atoms with E-state index in [-0.39, 0.29) is 12.4 Å². The van der Waals surface area contributed by atoms with Gasteiger partial charge in [0, 0.05) is 6.42 Å². The molecule has 1 atom stereocenters. The van der Waals surface area contributed by atoms with Crippen LogP contribution in [0.5, 0.6) is 5.75 Å². The van der Waals surface area contributed by atoms with Crippen molar-refractivity contribution in [3.05, 3.63) is 54.6 Å². The first kappa shape index (κ1) is 18.6. The minimum absolute atomic E-state index is 0. The van der Waals surface area contributed by atoms with Gasteiger partial charge >= 0.3 is 0 Å². The van der Waals surface area contributed by atoms with Gasteiger partial charge in [-0.15, -0.1) is 12.4 Å². The van der Waals surface area contributed by atoms with Gasteiger partial charge in [0.2, 0.25) is 5.44 Å². The molecule has 1 N–H and O–H groups in total. The minimum Gasteiger partial charge on any atom is -0.470 e. The molecular formula is C17H21ClN2O3S. The van der Waals surface area contributed by atoms with E-state index in [1.54, 1.807) is 18.2 Å². The van der Waals surface area contributed by atoms with Gasteiger partial charge in [-0.3, -0.25) is 0 Å². The smallest absolute Gasteiger partial charge is 0.277 e. The summed E-state index contributed by atoms with van der Waals surface area (Å²) >= 11 is 0. The standard InChI is InChI=1S/C17H20N2O3S.ClH/c1-18-13-7-12-17-22-16-11-6-5-10-15(16)19(23(17,20)21)14-8-3-2-4-9-14;/h2-6,8-11,17-18H,7,12-13H2,1H3;1H. The number of hydrogen-bond acceptors (Lipinski definition) is 4. The first-order chi connectivity index (χ1) is 11.1. The number of sulfonamides is 1. The summed E-state index contributed by atoms with van der Waals surface area (Å²) in [7, 11) is -1.78. The molecule has 0 amide bonds. The second-order valence-corrected chi connectivity index (χ2v) is 7.33. The molecular weight excluding hydrogens is 348 g/mol. The van der Waals surface area contributed by atoms with E-state index in [0.717, 1.165) is 13.0 Å². The molecule has 1 heterocycles. The van der Waals surface area contributed by atoms with Crippen molar-refractivity contribution in [3.8, 4) is 5.75 Å². The van der Waals surface area contributed by atoms with E-state index >= 15 is 0 Å². The largest absolute Gasteiger partial charge is 0.470 e. The van der Waals surface area contributed by atoms with E-state index in [4.69, 9.17) is 4.74 Å². The van der Waals surface area contributed by atoms with Crippen LogP contribution in [0.15, 0.2) is 54.6 Å². The predicted octanol–water partition coefficient (Wildman–Crippen LogP) is 3.29. The van der Waals surface area contributed by atoms with Crippen molar-refractivity contribution in [2.75, 3.05) is 17.9 Å². The van der Waals surface area contributed by atoms with Gasteiger partial charge in [-0.25, -0.2) is 12.7 Å². The highest BCUT2D eigenvalue weighted by molar-refractivity contribution is 7.93. The van der Waals surface area contributed by atoms with E-state index in [2.05, 4.69) is 5.32 Å². The number of para-hydroxylation sites is 3. The Bertz CT molecular complexity index is 768. The van der Waals surface area contributed by atoms with Crippen molar-refractivity contribution in [2.45, 2.75) is 18.3 Å². The fourth-order valence-electron chi connectivity index (χ4n) is 2.68. The maximum atomic E-state index is 13.1. The van der Waals surface area contributed by atoms with Crippen LogP contribution < -0.4 is 14.4 Å². The maximum Gasteiger partial charge on any atom is 0.277 e. The molecule has 0 radical (unpaired) electrons. The van der Waals surface area contributed by atoms with Gasteiger partial charge < -0.3 is 10.1 Å². The second-order valence-electron chi connectivity index (χ2n) is 5.41. The van der Waals surface area contributed by atoms with Gasteiger partial charge in [0.05, 0.1) is 11.4 Å². The van der Waals surface area contributed by atoms with E-state index < -0.39 is 15.5 Å². The summed E-state index contributed by atoms with van der Waals surface area (Å²) < 4.78 is 33.3. The summed E-state index contributed by atoms with van der Waals surface area (Å²) in [5.41, 5.74) is 0.316. The fourth-order valence-corrected chi connectivity index (χ4v) is 4.45. The highest BCUT2D eigenvalue weighted by Gasteiger charge is 2.40. The van der Waals surface area contributed by atoms with Crippen LogP contribution in [0, 0.1) is 0 Å².